The molecule has 0 bridgehead atoms. The van der Waals surface area contributed by atoms with Crippen LogP contribution in [0.1, 0.15) is 11.7 Å². The minimum absolute atomic E-state index is 0.0832. The van der Waals surface area contributed by atoms with E-state index in [1.54, 1.807) is 20.3 Å². The number of carbonyl (C=O) groups is 1. The Morgan fingerprint density at radius 1 is 1.35 bits per heavy atom. The second kappa shape index (κ2) is 5.05. The Morgan fingerprint density at radius 3 is 2.76 bits per heavy atom. The molecule has 0 aliphatic carbocycles. The quantitative estimate of drug-likeness (QED) is 0.848. The topological polar surface area (TPSA) is 56.8 Å². The highest BCUT2D eigenvalue weighted by molar-refractivity contribution is 5.77. The molecule has 1 fully saturated rings. The third-order valence-electron chi connectivity index (χ3n) is 2.69. The van der Waals surface area contributed by atoms with Crippen molar-refractivity contribution in [3.05, 3.63) is 23.8 Å². The van der Waals surface area contributed by atoms with Gasteiger partial charge in [-0.2, -0.15) is 0 Å². The van der Waals surface area contributed by atoms with Gasteiger partial charge < -0.3 is 19.5 Å². The van der Waals surface area contributed by atoms with Crippen LogP contribution in [0.3, 0.4) is 0 Å². The molecule has 17 heavy (non-hydrogen) atoms. The number of benzene rings is 1. The van der Waals surface area contributed by atoms with Crippen LogP contribution in [-0.4, -0.2) is 33.3 Å². The van der Waals surface area contributed by atoms with Crippen molar-refractivity contribution in [3.8, 4) is 11.5 Å². The van der Waals surface area contributed by atoms with E-state index in [2.05, 4.69) is 5.32 Å². The molecule has 5 nitrogen and oxygen atoms in total. The molecule has 1 aliphatic heterocycles. The molecule has 0 aromatic heterocycles. The van der Waals surface area contributed by atoms with Gasteiger partial charge in [0.25, 0.3) is 0 Å². The Balaban J connectivity index is 2.22. The number of ether oxygens (including phenoxy) is 3. The van der Waals surface area contributed by atoms with E-state index in [4.69, 9.17) is 14.2 Å². The van der Waals surface area contributed by atoms with Gasteiger partial charge in [-0.25, -0.2) is 0 Å². The standard InChI is InChI=1S/C12H15NO4/c1-15-8-3-4-9(10(5-8)16-2)11-6-13-12(14)7-17-11/h3-5,11H,6-7H2,1-2H3,(H,13,14)/t11-/m1/s1. The first-order valence-corrected chi connectivity index (χ1v) is 5.35. The molecular weight excluding hydrogens is 222 g/mol. The monoisotopic (exact) mass is 237 g/mol. The van der Waals surface area contributed by atoms with E-state index in [9.17, 15) is 4.79 Å². The van der Waals surface area contributed by atoms with E-state index >= 15 is 0 Å². The maximum atomic E-state index is 11.0. The Hall–Kier alpha value is -1.75. The van der Waals surface area contributed by atoms with E-state index in [0.717, 1.165) is 11.3 Å². The van der Waals surface area contributed by atoms with Gasteiger partial charge in [-0.05, 0) is 12.1 Å². The van der Waals surface area contributed by atoms with E-state index in [1.807, 2.05) is 12.1 Å². The minimum Gasteiger partial charge on any atom is -0.497 e. The predicted molar refractivity (Wildman–Crippen MR) is 61.2 cm³/mol. The Morgan fingerprint density at radius 2 is 2.18 bits per heavy atom. The zero-order valence-corrected chi connectivity index (χ0v) is 9.86. The van der Waals surface area contributed by atoms with Crippen LogP contribution in [0.25, 0.3) is 0 Å². The van der Waals surface area contributed by atoms with Crippen molar-refractivity contribution in [2.75, 3.05) is 27.4 Å². The maximum absolute atomic E-state index is 11.0. The summed E-state index contributed by atoms with van der Waals surface area (Å²) in [5.41, 5.74) is 0.910. The van der Waals surface area contributed by atoms with Crippen molar-refractivity contribution in [2.24, 2.45) is 0 Å². The van der Waals surface area contributed by atoms with Crippen molar-refractivity contribution in [2.45, 2.75) is 6.10 Å². The van der Waals surface area contributed by atoms with Gasteiger partial charge in [-0.3, -0.25) is 4.79 Å². The normalized spacial score (nSPS) is 19.6. The van der Waals surface area contributed by atoms with E-state index in [-0.39, 0.29) is 18.6 Å². The summed E-state index contributed by atoms with van der Waals surface area (Å²) in [6, 6.07) is 5.53. The molecule has 0 unspecified atom stereocenters. The zero-order valence-electron chi connectivity index (χ0n) is 9.86. The van der Waals surface area contributed by atoms with Crippen LogP contribution >= 0.6 is 0 Å². The molecule has 0 saturated carbocycles. The summed E-state index contributed by atoms with van der Waals surface area (Å²) >= 11 is 0. The second-order valence-corrected chi connectivity index (χ2v) is 3.71. The maximum Gasteiger partial charge on any atom is 0.246 e. The summed E-state index contributed by atoms with van der Waals surface area (Å²) in [6.07, 6.45) is -0.173. The average Bonchev–Trinajstić information content (AvgIpc) is 2.39. The van der Waals surface area contributed by atoms with Gasteiger partial charge in [-0.15, -0.1) is 0 Å². The number of hydrogen-bond donors (Lipinski definition) is 1. The molecule has 92 valence electrons. The van der Waals surface area contributed by atoms with Crippen molar-refractivity contribution < 1.29 is 19.0 Å². The highest BCUT2D eigenvalue weighted by Crippen LogP contribution is 2.31. The van der Waals surface area contributed by atoms with Crippen LogP contribution in [0.5, 0.6) is 11.5 Å². The second-order valence-electron chi connectivity index (χ2n) is 3.71. The summed E-state index contributed by atoms with van der Waals surface area (Å²) in [4.78, 5) is 11.0. The number of hydrogen-bond acceptors (Lipinski definition) is 4. The molecule has 1 amide bonds. The fourth-order valence-corrected chi connectivity index (χ4v) is 1.78. The molecule has 1 aromatic carbocycles. The molecule has 1 saturated heterocycles. The summed E-state index contributed by atoms with van der Waals surface area (Å²) in [6.45, 7) is 0.543. The third kappa shape index (κ3) is 2.50. The molecule has 1 N–H and O–H groups in total. The minimum atomic E-state index is -0.173. The van der Waals surface area contributed by atoms with Gasteiger partial charge >= 0.3 is 0 Å². The highest BCUT2D eigenvalue weighted by Gasteiger charge is 2.23. The fraction of sp³-hybridized carbons (Fsp3) is 0.417. The number of morpholine rings is 1. The van der Waals surface area contributed by atoms with Gasteiger partial charge in [0.2, 0.25) is 5.91 Å². The Kier molecular flexibility index (Phi) is 3.49. The molecule has 2 rings (SSSR count). The lowest BCUT2D eigenvalue weighted by Crippen LogP contribution is -2.38. The molecule has 1 atom stereocenters. The zero-order chi connectivity index (χ0) is 12.3. The number of carbonyl (C=O) groups excluding carboxylic acids is 1. The van der Waals surface area contributed by atoms with E-state index in [0.29, 0.717) is 12.3 Å². The van der Waals surface area contributed by atoms with Crippen molar-refractivity contribution in [1.82, 2.24) is 5.32 Å². The number of rotatable bonds is 3. The largest absolute Gasteiger partial charge is 0.497 e. The average molecular weight is 237 g/mol. The van der Waals surface area contributed by atoms with Gasteiger partial charge in [0.1, 0.15) is 24.2 Å². The van der Waals surface area contributed by atoms with Crippen LogP contribution in [-0.2, 0) is 9.53 Å². The summed E-state index contributed by atoms with van der Waals surface area (Å²) in [5, 5.41) is 2.76. The molecule has 1 aromatic rings. The number of methoxy groups -OCH3 is 2. The van der Waals surface area contributed by atoms with Crippen molar-refractivity contribution in [3.63, 3.8) is 0 Å². The van der Waals surface area contributed by atoms with Crippen LogP contribution in [0.2, 0.25) is 0 Å². The molecule has 1 aliphatic rings. The molecular formula is C12H15NO4. The summed E-state index contributed by atoms with van der Waals surface area (Å²) in [5.74, 6) is 1.34. The first kappa shape index (κ1) is 11.7. The summed E-state index contributed by atoms with van der Waals surface area (Å²) < 4.78 is 15.9. The number of amides is 1. The smallest absolute Gasteiger partial charge is 0.246 e. The van der Waals surface area contributed by atoms with Crippen LogP contribution in [0, 0.1) is 0 Å². The third-order valence-corrected chi connectivity index (χ3v) is 2.69. The predicted octanol–water partition coefficient (Wildman–Crippen LogP) is 0.891. The lowest BCUT2D eigenvalue weighted by Gasteiger charge is -2.25. The first-order valence-electron chi connectivity index (χ1n) is 5.35. The van der Waals surface area contributed by atoms with Gasteiger partial charge in [-0.1, -0.05) is 0 Å². The van der Waals surface area contributed by atoms with Gasteiger partial charge in [0, 0.05) is 18.2 Å². The SMILES string of the molecule is COc1ccc([C@H]2CNC(=O)CO2)c(OC)c1. The van der Waals surface area contributed by atoms with Crippen LogP contribution in [0.4, 0.5) is 0 Å². The summed E-state index contributed by atoms with van der Waals surface area (Å²) in [7, 11) is 3.20. The lowest BCUT2D eigenvalue weighted by atomic mass is 10.1. The fourth-order valence-electron chi connectivity index (χ4n) is 1.78. The van der Waals surface area contributed by atoms with Gasteiger partial charge in [0.15, 0.2) is 0 Å². The molecule has 0 radical (unpaired) electrons. The van der Waals surface area contributed by atoms with E-state index in [1.165, 1.54) is 0 Å². The van der Waals surface area contributed by atoms with Crippen LogP contribution in [0.15, 0.2) is 18.2 Å². The molecule has 0 spiro atoms. The first-order chi connectivity index (χ1) is 8.24. The van der Waals surface area contributed by atoms with E-state index < -0.39 is 0 Å². The number of nitrogens with one attached hydrogen (secondary N) is 1. The molecule has 5 heteroatoms. The molecule has 1 heterocycles. The van der Waals surface area contributed by atoms with Crippen LogP contribution < -0.4 is 14.8 Å². The Bertz CT molecular complexity index is 409. The van der Waals surface area contributed by atoms with Crippen molar-refractivity contribution >= 4 is 5.91 Å². The lowest BCUT2D eigenvalue weighted by molar-refractivity contribution is -0.133. The highest BCUT2D eigenvalue weighted by atomic mass is 16.5. The van der Waals surface area contributed by atoms with Crippen molar-refractivity contribution in [1.29, 1.82) is 0 Å². The Labute approximate surface area is 99.7 Å². The van der Waals surface area contributed by atoms with Gasteiger partial charge in [0.05, 0.1) is 14.2 Å².